The van der Waals surface area contributed by atoms with Crippen LogP contribution in [0.5, 0.6) is 0 Å². The summed E-state index contributed by atoms with van der Waals surface area (Å²) in [5, 5.41) is 3.20. The molecule has 0 spiro atoms. The molecule has 2 aromatic rings. The van der Waals surface area contributed by atoms with Gasteiger partial charge in [0.2, 0.25) is 5.91 Å². The number of imidazole rings is 1. The normalized spacial score (nSPS) is 39.2. The Bertz CT molecular complexity index is 1100. The van der Waals surface area contributed by atoms with Crippen LogP contribution in [0, 0.1) is 17.8 Å². The first-order valence-corrected chi connectivity index (χ1v) is 15.1. The fraction of sp³-hybridized carbons (Fsp3) is 0.742. The number of nitrogens with zero attached hydrogens (tertiary/aromatic N) is 3. The zero-order valence-corrected chi connectivity index (χ0v) is 22.1. The van der Waals surface area contributed by atoms with Crippen LogP contribution in [-0.4, -0.2) is 44.5 Å². The van der Waals surface area contributed by atoms with Crippen molar-refractivity contribution in [1.82, 2.24) is 19.8 Å². The second-order valence-electron chi connectivity index (χ2n) is 13.1. The van der Waals surface area contributed by atoms with Crippen molar-refractivity contribution in [3.05, 3.63) is 30.1 Å². The van der Waals surface area contributed by atoms with Gasteiger partial charge >= 0.3 is 0 Å². The van der Waals surface area contributed by atoms with Crippen molar-refractivity contribution >= 4 is 16.9 Å². The molecule has 1 aromatic carbocycles. The third-order valence-electron chi connectivity index (χ3n) is 10.8. The molecule has 4 heterocycles. The predicted molar refractivity (Wildman–Crippen MR) is 144 cm³/mol. The van der Waals surface area contributed by atoms with Crippen LogP contribution in [0.3, 0.4) is 0 Å². The van der Waals surface area contributed by atoms with Crippen LogP contribution in [0.25, 0.3) is 11.0 Å². The number of piperidine rings is 2. The molecule has 4 bridgehead atoms. The first kappa shape index (κ1) is 23.3. The largest absolute Gasteiger partial charge is 0.353 e. The number of hydrogen-bond acceptors (Lipinski definition) is 3. The van der Waals surface area contributed by atoms with Crippen molar-refractivity contribution in [2.45, 2.75) is 127 Å². The van der Waals surface area contributed by atoms with Crippen LogP contribution < -0.4 is 5.32 Å². The number of carbonyl (C=O) groups is 1. The molecule has 7 unspecified atom stereocenters. The third kappa shape index (κ3) is 4.19. The van der Waals surface area contributed by atoms with Gasteiger partial charge in [0.15, 0.2) is 0 Å². The molecule has 5 fully saturated rings. The van der Waals surface area contributed by atoms with Gasteiger partial charge in [-0.25, -0.2) is 4.98 Å². The Morgan fingerprint density at radius 2 is 1.69 bits per heavy atom. The van der Waals surface area contributed by atoms with E-state index < -0.39 is 0 Å². The molecule has 1 N–H and O–H groups in total. The van der Waals surface area contributed by atoms with Crippen molar-refractivity contribution in [3.63, 3.8) is 0 Å². The van der Waals surface area contributed by atoms with E-state index in [4.69, 9.17) is 4.98 Å². The molecule has 5 heteroatoms. The van der Waals surface area contributed by atoms with Gasteiger partial charge in [0.1, 0.15) is 5.82 Å². The number of rotatable bonds is 4. The summed E-state index contributed by atoms with van der Waals surface area (Å²) in [6, 6.07) is 11.7. The van der Waals surface area contributed by atoms with Crippen LogP contribution in [0.15, 0.2) is 24.3 Å². The van der Waals surface area contributed by atoms with Gasteiger partial charge in [-0.05, 0) is 81.3 Å². The van der Waals surface area contributed by atoms with E-state index in [2.05, 4.69) is 46.0 Å². The van der Waals surface area contributed by atoms with Gasteiger partial charge in [-0.1, -0.05) is 44.7 Å². The zero-order chi connectivity index (χ0) is 24.2. The second kappa shape index (κ2) is 9.45. The van der Waals surface area contributed by atoms with Crippen molar-refractivity contribution in [1.29, 1.82) is 0 Å². The minimum absolute atomic E-state index is 0.201. The molecule has 2 aliphatic carbocycles. The topological polar surface area (TPSA) is 50.2 Å². The van der Waals surface area contributed by atoms with E-state index in [9.17, 15) is 4.79 Å². The average molecular weight is 489 g/mol. The molecule has 0 radical (unpaired) electrons. The molecule has 1 aromatic heterocycles. The van der Waals surface area contributed by atoms with Crippen LogP contribution in [0.4, 0.5) is 0 Å². The van der Waals surface area contributed by atoms with Crippen LogP contribution in [0.1, 0.15) is 102 Å². The Labute approximate surface area is 216 Å². The van der Waals surface area contributed by atoms with Gasteiger partial charge in [0.05, 0.1) is 11.0 Å². The fourth-order valence-corrected chi connectivity index (χ4v) is 9.23. The first-order valence-electron chi connectivity index (χ1n) is 15.1. The molecule has 7 rings (SSSR count). The Morgan fingerprint density at radius 3 is 2.47 bits per heavy atom. The number of carbonyl (C=O) groups excluding carboxylic acids is 1. The zero-order valence-electron chi connectivity index (χ0n) is 22.1. The van der Waals surface area contributed by atoms with Gasteiger partial charge in [-0.3, -0.25) is 9.69 Å². The summed E-state index contributed by atoms with van der Waals surface area (Å²) in [5.41, 5.74) is 2.42. The van der Waals surface area contributed by atoms with Crippen molar-refractivity contribution in [3.8, 4) is 0 Å². The number of hydrogen-bond donors (Lipinski definition) is 1. The van der Waals surface area contributed by atoms with Gasteiger partial charge in [0, 0.05) is 43.1 Å². The smallest absolute Gasteiger partial charge is 0.220 e. The highest BCUT2D eigenvalue weighted by atomic mass is 16.1. The third-order valence-corrected chi connectivity index (χ3v) is 10.8. The van der Waals surface area contributed by atoms with E-state index in [0.717, 1.165) is 48.2 Å². The van der Waals surface area contributed by atoms with Crippen molar-refractivity contribution in [2.75, 3.05) is 0 Å². The highest BCUT2D eigenvalue weighted by Gasteiger charge is 2.47. The molecule has 3 aliphatic heterocycles. The van der Waals surface area contributed by atoms with Crippen molar-refractivity contribution < 1.29 is 4.79 Å². The number of amides is 1. The number of nitrogens with one attached hydrogen (secondary N) is 1. The summed E-state index contributed by atoms with van der Waals surface area (Å²) in [6.45, 7) is 2.53. The summed E-state index contributed by atoms with van der Waals surface area (Å²) in [6.07, 6.45) is 18.1. The summed E-state index contributed by atoms with van der Waals surface area (Å²) >= 11 is 0. The molecule has 7 atom stereocenters. The van der Waals surface area contributed by atoms with Crippen LogP contribution in [0.2, 0.25) is 0 Å². The van der Waals surface area contributed by atoms with Gasteiger partial charge in [0.25, 0.3) is 0 Å². The lowest BCUT2D eigenvalue weighted by Crippen LogP contribution is -2.60. The molecule has 5 nitrogen and oxygen atoms in total. The lowest BCUT2D eigenvalue weighted by atomic mass is 9.71. The summed E-state index contributed by atoms with van der Waals surface area (Å²) in [4.78, 5) is 20.1. The van der Waals surface area contributed by atoms with Gasteiger partial charge in [-0.15, -0.1) is 0 Å². The molecule has 5 aliphatic rings. The van der Waals surface area contributed by atoms with E-state index in [1.54, 1.807) is 0 Å². The second-order valence-corrected chi connectivity index (χ2v) is 13.1. The standard InChI is InChI=1S/C31H44N4O/c1-20-10-12-24-18-26(19-29(20)34(24)25-15-21-6-2-3-7-22(14-21)16-25)35-28-9-5-4-8-27(28)33-30(35)17-23-11-13-31(36)32-23/h4-5,8-9,20-26,29H,2-3,6-7,10-19H2,1H3,(H,32,36). The molecular weight excluding hydrogens is 444 g/mol. The predicted octanol–water partition coefficient (Wildman–Crippen LogP) is 6.02. The van der Waals surface area contributed by atoms with E-state index in [0.29, 0.717) is 18.5 Å². The van der Waals surface area contributed by atoms with Crippen LogP contribution >= 0.6 is 0 Å². The summed E-state index contributed by atoms with van der Waals surface area (Å²) in [7, 11) is 0. The van der Waals surface area contributed by atoms with E-state index in [1.807, 2.05) is 0 Å². The lowest BCUT2D eigenvalue weighted by Gasteiger charge is -2.56. The first-order chi connectivity index (χ1) is 17.6. The SMILES string of the molecule is CC1CCC2CC(n3c(CC4CCC(=O)N4)nc4ccccc43)CC1N2C1CC2CCCCC(C2)C1. The summed E-state index contributed by atoms with van der Waals surface area (Å²) in [5.74, 6) is 4.13. The molecule has 194 valence electrons. The maximum atomic E-state index is 11.9. The summed E-state index contributed by atoms with van der Waals surface area (Å²) < 4.78 is 2.62. The number of fused-ring (bicyclic) bond motifs is 5. The van der Waals surface area contributed by atoms with Crippen molar-refractivity contribution in [2.24, 2.45) is 17.8 Å². The van der Waals surface area contributed by atoms with E-state index >= 15 is 0 Å². The van der Waals surface area contributed by atoms with Crippen LogP contribution in [-0.2, 0) is 11.2 Å². The number of aromatic nitrogens is 2. The van der Waals surface area contributed by atoms with Gasteiger partial charge < -0.3 is 9.88 Å². The average Bonchev–Trinajstić information content (AvgIpc) is 3.41. The van der Waals surface area contributed by atoms with E-state index in [-0.39, 0.29) is 11.9 Å². The monoisotopic (exact) mass is 488 g/mol. The van der Waals surface area contributed by atoms with E-state index in [1.165, 1.54) is 82.0 Å². The number of benzene rings is 1. The van der Waals surface area contributed by atoms with Gasteiger partial charge in [-0.2, -0.15) is 0 Å². The lowest BCUT2D eigenvalue weighted by molar-refractivity contribution is -0.119. The Morgan fingerprint density at radius 1 is 0.889 bits per heavy atom. The maximum Gasteiger partial charge on any atom is 0.220 e. The molecular formula is C31H44N4O. The number of para-hydroxylation sites is 2. The molecule has 1 amide bonds. The Kier molecular flexibility index (Phi) is 6.11. The quantitative estimate of drug-likeness (QED) is 0.572. The molecule has 2 saturated carbocycles. The molecule has 3 saturated heterocycles. The molecule has 36 heavy (non-hydrogen) atoms. The minimum atomic E-state index is 0.201. The minimum Gasteiger partial charge on any atom is -0.353 e. The fourth-order valence-electron chi connectivity index (χ4n) is 9.23. The maximum absolute atomic E-state index is 11.9. The Balaban J connectivity index is 1.19. The highest BCUT2D eigenvalue weighted by Crippen LogP contribution is 2.48. The Hall–Kier alpha value is -1.88. The highest BCUT2D eigenvalue weighted by molar-refractivity contribution is 5.79.